The third kappa shape index (κ3) is 3.21. The van der Waals surface area contributed by atoms with Gasteiger partial charge in [-0.3, -0.25) is 4.79 Å². The second-order valence-corrected chi connectivity index (χ2v) is 4.75. The minimum Gasteiger partial charge on any atom is -0.480 e. The molecule has 0 aliphatic rings. The van der Waals surface area contributed by atoms with Crippen LogP contribution in [-0.2, 0) is 22.6 Å². The predicted octanol–water partition coefficient (Wildman–Crippen LogP) is 1.74. The van der Waals surface area contributed by atoms with Crippen LogP contribution in [0.1, 0.15) is 12.5 Å². The highest BCUT2D eigenvalue weighted by atomic mass is 19.1. The number of nitrogens with zero attached hydrogens (tertiary/aromatic N) is 1. The van der Waals surface area contributed by atoms with Gasteiger partial charge in [0, 0.05) is 23.6 Å². The molecular weight excluding hydrogens is 275 g/mol. The number of carboxylic acids is 1. The van der Waals surface area contributed by atoms with E-state index in [9.17, 15) is 14.0 Å². The molecule has 1 unspecified atom stereocenters. The Morgan fingerprint density at radius 3 is 2.71 bits per heavy atom. The topological polar surface area (TPSA) is 71.3 Å². The monoisotopic (exact) mass is 292 g/mol. The summed E-state index contributed by atoms with van der Waals surface area (Å²) in [7, 11) is 0. The quantitative estimate of drug-likeness (QED) is 0.852. The number of alkyl halides is 1. The molecule has 0 spiro atoms. The zero-order valence-corrected chi connectivity index (χ0v) is 11.7. The molecule has 1 aromatic heterocycles. The number of carboxylic acid groups (broad SMARTS) is 1. The van der Waals surface area contributed by atoms with Crippen LogP contribution >= 0.6 is 0 Å². The Bertz CT molecular complexity index is 666. The van der Waals surface area contributed by atoms with E-state index in [0.29, 0.717) is 0 Å². The van der Waals surface area contributed by atoms with E-state index in [1.54, 1.807) is 0 Å². The number of halogens is 1. The lowest BCUT2D eigenvalue weighted by atomic mass is 10.1. The molecule has 0 saturated carbocycles. The number of carbonyl (C=O) groups is 2. The van der Waals surface area contributed by atoms with Crippen LogP contribution in [0.2, 0.25) is 0 Å². The number of aliphatic carboxylic acids is 1. The lowest BCUT2D eigenvalue weighted by Crippen LogP contribution is -2.42. The summed E-state index contributed by atoms with van der Waals surface area (Å²) in [6.07, 6.45) is 1.90. The summed E-state index contributed by atoms with van der Waals surface area (Å²) < 4.78 is 14.5. The Kier molecular flexibility index (Phi) is 4.57. The molecule has 0 aliphatic heterocycles. The van der Waals surface area contributed by atoms with Gasteiger partial charge in [0.1, 0.15) is 6.67 Å². The average molecular weight is 292 g/mol. The lowest BCUT2D eigenvalue weighted by molar-refractivity contribution is -0.142. The zero-order chi connectivity index (χ0) is 15.4. The van der Waals surface area contributed by atoms with Crippen molar-refractivity contribution >= 4 is 22.8 Å². The number of fused-ring (bicyclic) bond motifs is 1. The molecule has 1 aromatic carbocycles. The van der Waals surface area contributed by atoms with Gasteiger partial charge in [-0.1, -0.05) is 18.2 Å². The Hall–Kier alpha value is -2.37. The zero-order valence-electron chi connectivity index (χ0n) is 11.7. The Balaban J connectivity index is 2.20. The summed E-state index contributed by atoms with van der Waals surface area (Å²) in [6, 6.07) is 6.18. The van der Waals surface area contributed by atoms with Crippen LogP contribution in [0.3, 0.4) is 0 Å². The maximum absolute atomic E-state index is 12.5. The van der Waals surface area contributed by atoms with Gasteiger partial charge in [-0.15, -0.1) is 0 Å². The second kappa shape index (κ2) is 6.39. The maximum Gasteiger partial charge on any atom is 0.328 e. The Labute approximate surface area is 121 Å². The van der Waals surface area contributed by atoms with Crippen molar-refractivity contribution in [3.8, 4) is 0 Å². The van der Waals surface area contributed by atoms with Gasteiger partial charge in [0.05, 0.1) is 6.42 Å². The van der Waals surface area contributed by atoms with Crippen LogP contribution in [0.25, 0.3) is 10.9 Å². The number of para-hydroxylation sites is 1. The molecule has 112 valence electrons. The van der Waals surface area contributed by atoms with Crippen molar-refractivity contribution in [2.45, 2.75) is 25.9 Å². The smallest absolute Gasteiger partial charge is 0.328 e. The molecule has 6 heteroatoms. The van der Waals surface area contributed by atoms with Crippen LogP contribution in [-0.4, -0.2) is 34.3 Å². The van der Waals surface area contributed by atoms with Gasteiger partial charge in [-0.05, 0) is 18.6 Å². The molecule has 2 aromatic rings. The molecule has 21 heavy (non-hydrogen) atoms. The minimum atomic E-state index is -1.49. The predicted molar refractivity (Wildman–Crippen MR) is 76.9 cm³/mol. The van der Waals surface area contributed by atoms with Crippen LogP contribution in [0.4, 0.5) is 4.39 Å². The van der Waals surface area contributed by atoms with Crippen molar-refractivity contribution in [3.05, 3.63) is 36.0 Å². The van der Waals surface area contributed by atoms with E-state index in [1.165, 1.54) is 0 Å². The summed E-state index contributed by atoms with van der Waals surface area (Å²) >= 11 is 0. The molecule has 0 radical (unpaired) electrons. The summed E-state index contributed by atoms with van der Waals surface area (Å²) in [4.78, 5) is 22.6. The summed E-state index contributed by atoms with van der Waals surface area (Å²) in [5.74, 6) is -1.87. The number of aromatic nitrogens is 1. The van der Waals surface area contributed by atoms with E-state index in [2.05, 4.69) is 5.32 Å². The third-order valence-corrected chi connectivity index (χ3v) is 3.35. The summed E-state index contributed by atoms with van der Waals surface area (Å²) in [5, 5.41) is 11.9. The fraction of sp³-hybridized carbons (Fsp3) is 0.333. The number of amides is 1. The molecule has 2 rings (SSSR count). The van der Waals surface area contributed by atoms with Gasteiger partial charge < -0.3 is 15.0 Å². The molecular formula is C15H17FN2O3. The number of hydrogen-bond acceptors (Lipinski definition) is 2. The van der Waals surface area contributed by atoms with Crippen molar-refractivity contribution in [3.63, 3.8) is 0 Å². The van der Waals surface area contributed by atoms with Crippen molar-refractivity contribution in [1.29, 1.82) is 0 Å². The first kappa shape index (κ1) is 15.0. The Morgan fingerprint density at radius 2 is 2.10 bits per heavy atom. The fourth-order valence-corrected chi connectivity index (χ4v) is 2.31. The Morgan fingerprint density at radius 1 is 1.38 bits per heavy atom. The van der Waals surface area contributed by atoms with E-state index >= 15 is 0 Å². The van der Waals surface area contributed by atoms with E-state index in [4.69, 9.17) is 5.11 Å². The minimum absolute atomic E-state index is 0.0251. The van der Waals surface area contributed by atoms with Gasteiger partial charge in [0.2, 0.25) is 5.91 Å². The molecule has 0 aliphatic carbocycles. The van der Waals surface area contributed by atoms with Crippen LogP contribution in [0.5, 0.6) is 0 Å². The van der Waals surface area contributed by atoms with Crippen LogP contribution < -0.4 is 5.32 Å². The fourth-order valence-electron chi connectivity index (χ4n) is 2.31. The normalized spacial score (nSPS) is 12.3. The van der Waals surface area contributed by atoms with Crippen molar-refractivity contribution in [2.24, 2.45) is 0 Å². The first-order valence-electron chi connectivity index (χ1n) is 6.71. The first-order valence-corrected chi connectivity index (χ1v) is 6.71. The number of benzene rings is 1. The van der Waals surface area contributed by atoms with Gasteiger partial charge in [-0.25, -0.2) is 9.18 Å². The van der Waals surface area contributed by atoms with Crippen molar-refractivity contribution in [1.82, 2.24) is 9.88 Å². The van der Waals surface area contributed by atoms with Crippen molar-refractivity contribution in [2.75, 3.05) is 6.67 Å². The highest BCUT2D eigenvalue weighted by Gasteiger charge is 2.20. The number of nitrogens with one attached hydrogen (secondary N) is 1. The highest BCUT2D eigenvalue weighted by molar-refractivity contribution is 5.91. The molecule has 0 bridgehead atoms. The van der Waals surface area contributed by atoms with Gasteiger partial charge in [0.25, 0.3) is 0 Å². The number of carbonyl (C=O) groups excluding carboxylic acids is 1. The van der Waals surface area contributed by atoms with Gasteiger partial charge in [0.15, 0.2) is 6.04 Å². The second-order valence-electron chi connectivity index (χ2n) is 4.75. The number of aryl methyl sites for hydroxylation is 1. The molecule has 0 fully saturated rings. The van der Waals surface area contributed by atoms with Gasteiger partial charge in [-0.2, -0.15) is 0 Å². The highest BCUT2D eigenvalue weighted by Crippen LogP contribution is 2.21. The van der Waals surface area contributed by atoms with Crippen LogP contribution in [0.15, 0.2) is 30.5 Å². The third-order valence-electron chi connectivity index (χ3n) is 3.35. The maximum atomic E-state index is 12.5. The number of rotatable bonds is 6. The lowest BCUT2D eigenvalue weighted by Gasteiger charge is -2.10. The first-order chi connectivity index (χ1) is 10.1. The SMILES string of the molecule is CCn1cc(CC(=O)NC(CF)C(=O)O)c2ccccc21. The van der Waals surface area contributed by atoms with Crippen LogP contribution in [0, 0.1) is 0 Å². The van der Waals surface area contributed by atoms with Crippen molar-refractivity contribution < 1.29 is 19.1 Å². The molecule has 2 N–H and O–H groups in total. The standard InChI is InChI=1S/C15H17FN2O3/c1-2-18-9-10(11-5-3-4-6-13(11)18)7-14(19)17-12(8-16)15(20)21/h3-6,9,12H,2,7-8H2,1H3,(H,17,19)(H,20,21). The van der Waals surface area contributed by atoms with Gasteiger partial charge >= 0.3 is 5.97 Å². The number of hydrogen-bond donors (Lipinski definition) is 2. The van der Waals surface area contributed by atoms with E-state index in [-0.39, 0.29) is 6.42 Å². The van der Waals surface area contributed by atoms with E-state index < -0.39 is 24.6 Å². The summed E-state index contributed by atoms with van der Waals surface area (Å²) in [5.41, 5.74) is 1.82. The molecule has 5 nitrogen and oxygen atoms in total. The van der Waals surface area contributed by atoms with E-state index in [0.717, 1.165) is 23.0 Å². The average Bonchev–Trinajstić information content (AvgIpc) is 2.82. The largest absolute Gasteiger partial charge is 0.480 e. The van der Waals surface area contributed by atoms with E-state index in [1.807, 2.05) is 42.0 Å². The molecule has 1 atom stereocenters. The molecule has 1 amide bonds. The molecule has 0 saturated heterocycles. The molecule has 1 heterocycles. The summed E-state index contributed by atoms with van der Waals surface area (Å²) in [6.45, 7) is 1.64.